The van der Waals surface area contributed by atoms with Gasteiger partial charge in [-0.25, -0.2) is 0 Å². The summed E-state index contributed by atoms with van der Waals surface area (Å²) >= 11 is 0. The van der Waals surface area contributed by atoms with Gasteiger partial charge in [-0.1, -0.05) is 43.5 Å². The molecule has 1 N–H and O–H groups in total. The van der Waals surface area contributed by atoms with E-state index in [1.54, 1.807) is 15.9 Å². The van der Waals surface area contributed by atoms with Crippen molar-refractivity contribution >= 4 is 23.4 Å². The van der Waals surface area contributed by atoms with Crippen molar-refractivity contribution in [2.24, 2.45) is 0 Å². The topological polar surface area (TPSA) is 73.0 Å². The molecule has 2 aromatic rings. The van der Waals surface area contributed by atoms with Gasteiger partial charge in [0.25, 0.3) is 11.8 Å². The molecule has 7 nitrogen and oxygen atoms in total. The summed E-state index contributed by atoms with van der Waals surface area (Å²) < 4.78 is 0. The fourth-order valence-electron chi connectivity index (χ4n) is 5.87. The van der Waals surface area contributed by atoms with Gasteiger partial charge in [-0.05, 0) is 62.6 Å². The average molecular weight is 489 g/mol. The van der Waals surface area contributed by atoms with E-state index in [1.807, 2.05) is 42.5 Å². The van der Waals surface area contributed by atoms with Crippen LogP contribution in [-0.4, -0.2) is 66.3 Å². The first-order valence-electron chi connectivity index (χ1n) is 13.3. The second-order valence-corrected chi connectivity index (χ2v) is 10.3. The largest absolute Gasteiger partial charge is 0.351 e. The third-order valence-corrected chi connectivity index (χ3v) is 7.99. The highest BCUT2D eigenvalue weighted by atomic mass is 16.2. The maximum Gasteiger partial charge on any atom is 0.256 e. The Labute approximate surface area is 213 Å². The lowest BCUT2D eigenvalue weighted by Gasteiger charge is -2.31. The van der Waals surface area contributed by atoms with Gasteiger partial charge in [0.15, 0.2) is 0 Å². The zero-order valence-corrected chi connectivity index (χ0v) is 21.1. The van der Waals surface area contributed by atoms with E-state index in [2.05, 4.69) is 17.3 Å². The highest BCUT2D eigenvalue weighted by Gasteiger charge is 2.41. The van der Waals surface area contributed by atoms with Crippen LogP contribution in [0.4, 0.5) is 5.69 Å². The monoisotopic (exact) mass is 488 g/mol. The predicted molar refractivity (Wildman–Crippen MR) is 140 cm³/mol. The summed E-state index contributed by atoms with van der Waals surface area (Å²) in [5.74, 6) is -0.179. The van der Waals surface area contributed by atoms with Crippen molar-refractivity contribution in [2.75, 3.05) is 31.6 Å². The van der Waals surface area contributed by atoms with Crippen molar-refractivity contribution in [3.05, 3.63) is 65.2 Å². The number of likely N-dealkylation sites (N-methyl/N-ethyl adjacent to an activating group) is 1. The molecule has 1 aliphatic carbocycles. The smallest absolute Gasteiger partial charge is 0.256 e. The summed E-state index contributed by atoms with van der Waals surface area (Å²) in [7, 11) is 2.15. The third kappa shape index (κ3) is 5.03. The lowest BCUT2D eigenvalue weighted by molar-refractivity contribution is -0.122. The third-order valence-electron chi connectivity index (χ3n) is 7.99. The first kappa shape index (κ1) is 24.5. The highest BCUT2D eigenvalue weighted by Crippen LogP contribution is 2.33. The van der Waals surface area contributed by atoms with Gasteiger partial charge >= 0.3 is 0 Å². The minimum Gasteiger partial charge on any atom is -0.351 e. The number of nitrogens with zero attached hydrogens (tertiary/aromatic N) is 3. The maximum absolute atomic E-state index is 13.5. The Morgan fingerprint density at radius 3 is 2.50 bits per heavy atom. The van der Waals surface area contributed by atoms with Crippen LogP contribution in [0.25, 0.3) is 0 Å². The Balaban J connectivity index is 1.22. The van der Waals surface area contributed by atoms with Crippen LogP contribution in [0, 0.1) is 0 Å². The fraction of sp³-hybridized carbons (Fsp3) is 0.483. The molecule has 1 unspecified atom stereocenters. The van der Waals surface area contributed by atoms with Crippen molar-refractivity contribution < 1.29 is 14.4 Å². The Morgan fingerprint density at radius 2 is 1.72 bits per heavy atom. The van der Waals surface area contributed by atoms with Crippen LogP contribution in [0.2, 0.25) is 0 Å². The molecule has 0 spiro atoms. The van der Waals surface area contributed by atoms with Gasteiger partial charge in [-0.15, -0.1) is 0 Å². The molecular formula is C29H36N4O3. The van der Waals surface area contributed by atoms with Gasteiger partial charge in [0, 0.05) is 31.2 Å². The minimum absolute atomic E-state index is 0.0327. The number of benzene rings is 2. The van der Waals surface area contributed by atoms with E-state index in [1.165, 1.54) is 32.1 Å². The Hall–Kier alpha value is -3.19. The van der Waals surface area contributed by atoms with Crippen LogP contribution in [0.5, 0.6) is 0 Å². The Bertz CT molecular complexity index is 1110. The summed E-state index contributed by atoms with van der Waals surface area (Å²) in [5, 5.41) is 3.04. The van der Waals surface area contributed by atoms with E-state index in [0.717, 1.165) is 18.5 Å². The number of anilines is 1. The van der Waals surface area contributed by atoms with Crippen LogP contribution in [0.15, 0.2) is 48.5 Å². The molecule has 3 aliphatic rings. The Morgan fingerprint density at radius 1 is 0.972 bits per heavy atom. The number of hydrogen-bond acceptors (Lipinski definition) is 4. The van der Waals surface area contributed by atoms with Crippen molar-refractivity contribution in [1.29, 1.82) is 0 Å². The minimum atomic E-state index is -0.401. The van der Waals surface area contributed by atoms with E-state index in [4.69, 9.17) is 0 Å². The van der Waals surface area contributed by atoms with Crippen LogP contribution >= 0.6 is 0 Å². The Kier molecular flexibility index (Phi) is 7.37. The molecule has 2 heterocycles. The molecule has 0 bridgehead atoms. The highest BCUT2D eigenvalue weighted by molar-refractivity contribution is 6.11. The van der Waals surface area contributed by atoms with E-state index >= 15 is 0 Å². The van der Waals surface area contributed by atoms with Crippen molar-refractivity contribution in [2.45, 2.75) is 63.6 Å². The van der Waals surface area contributed by atoms with E-state index in [9.17, 15) is 14.4 Å². The molecule has 5 rings (SSSR count). The summed E-state index contributed by atoms with van der Waals surface area (Å²) in [6, 6.07) is 15.0. The number of rotatable bonds is 7. The predicted octanol–water partition coefficient (Wildman–Crippen LogP) is 3.83. The van der Waals surface area contributed by atoms with Crippen molar-refractivity contribution in [3.63, 3.8) is 0 Å². The second kappa shape index (κ2) is 10.8. The second-order valence-electron chi connectivity index (χ2n) is 10.3. The van der Waals surface area contributed by atoms with Crippen LogP contribution in [0.1, 0.15) is 71.2 Å². The molecule has 190 valence electrons. The molecule has 1 atom stereocenters. The molecular weight excluding hydrogens is 452 g/mol. The molecule has 36 heavy (non-hydrogen) atoms. The number of para-hydroxylation sites is 1. The summed E-state index contributed by atoms with van der Waals surface area (Å²) in [4.78, 5) is 45.1. The van der Waals surface area contributed by atoms with E-state index in [-0.39, 0.29) is 17.7 Å². The summed E-state index contributed by atoms with van der Waals surface area (Å²) in [5.41, 5.74) is 2.76. The first-order chi connectivity index (χ1) is 17.5. The average Bonchev–Trinajstić information content (AvgIpc) is 3.39. The standard InChI is InChI=1S/C29H36N4O3/c1-31(23-8-3-2-4-9-23)19-17-30-27(34)22-15-13-21(14-16-22)20-33-25-11-6-5-10-24(25)28(35)32-18-7-12-26(32)29(33)36/h5-6,10-11,13-16,23,26H,2-4,7-9,12,17-20H2,1H3,(H,30,34). The quantitative estimate of drug-likeness (QED) is 0.643. The SMILES string of the molecule is CN(CCNC(=O)c1ccc(CN2C(=O)C3CCCN3C(=O)c3ccccc32)cc1)C1CCCCC1. The van der Waals surface area contributed by atoms with Crippen LogP contribution in [-0.2, 0) is 11.3 Å². The van der Waals surface area contributed by atoms with Gasteiger partial charge in [0.1, 0.15) is 6.04 Å². The zero-order valence-electron chi connectivity index (χ0n) is 21.1. The lowest BCUT2D eigenvalue weighted by Crippen LogP contribution is -2.44. The molecule has 0 radical (unpaired) electrons. The molecule has 7 heteroatoms. The number of carbonyl (C=O) groups excluding carboxylic acids is 3. The molecule has 2 aromatic carbocycles. The zero-order chi connectivity index (χ0) is 25.1. The molecule has 1 saturated carbocycles. The van der Waals surface area contributed by atoms with Crippen LogP contribution in [0.3, 0.4) is 0 Å². The van der Waals surface area contributed by atoms with E-state index < -0.39 is 6.04 Å². The van der Waals surface area contributed by atoms with Gasteiger partial charge in [0.2, 0.25) is 5.91 Å². The van der Waals surface area contributed by atoms with Gasteiger partial charge in [0.05, 0.1) is 17.8 Å². The normalized spacial score (nSPS) is 20.3. The molecule has 0 aromatic heterocycles. The number of amides is 3. The van der Waals surface area contributed by atoms with Gasteiger partial charge < -0.3 is 20.0 Å². The van der Waals surface area contributed by atoms with Gasteiger partial charge in [-0.2, -0.15) is 0 Å². The molecule has 3 amide bonds. The number of nitrogens with one attached hydrogen (secondary N) is 1. The number of fused-ring (bicyclic) bond motifs is 2. The molecule has 2 fully saturated rings. The summed E-state index contributed by atoms with van der Waals surface area (Å²) in [6.07, 6.45) is 8.00. The lowest BCUT2D eigenvalue weighted by atomic mass is 9.94. The number of carbonyl (C=O) groups is 3. The van der Waals surface area contributed by atoms with Crippen molar-refractivity contribution in [1.82, 2.24) is 15.1 Å². The van der Waals surface area contributed by atoms with E-state index in [0.29, 0.717) is 48.9 Å². The molecule has 2 aliphatic heterocycles. The van der Waals surface area contributed by atoms with Crippen molar-refractivity contribution in [3.8, 4) is 0 Å². The fourth-order valence-corrected chi connectivity index (χ4v) is 5.87. The number of hydrogen-bond donors (Lipinski definition) is 1. The summed E-state index contributed by atoms with van der Waals surface area (Å²) in [6.45, 7) is 2.46. The maximum atomic E-state index is 13.5. The van der Waals surface area contributed by atoms with Gasteiger partial charge in [-0.3, -0.25) is 14.4 Å². The first-order valence-corrected chi connectivity index (χ1v) is 13.3. The van der Waals surface area contributed by atoms with Crippen LogP contribution < -0.4 is 10.2 Å². The molecule has 1 saturated heterocycles.